The van der Waals surface area contributed by atoms with E-state index in [1.165, 1.54) is 11.6 Å². The summed E-state index contributed by atoms with van der Waals surface area (Å²) in [7, 11) is 0. The second kappa shape index (κ2) is 12.3. The Hall–Kier alpha value is -4.63. The monoisotopic (exact) mass is 574 g/mol. The highest BCUT2D eigenvalue weighted by Crippen LogP contribution is 2.32. The number of rotatable bonds is 8. The molecule has 1 saturated heterocycles. The van der Waals surface area contributed by atoms with Gasteiger partial charge in [0.15, 0.2) is 5.65 Å². The van der Waals surface area contributed by atoms with E-state index in [2.05, 4.69) is 48.3 Å². The Labute approximate surface area is 251 Å². The van der Waals surface area contributed by atoms with E-state index < -0.39 is 0 Å². The standard InChI is InChI=1S/C34H38N8O/c1-4-7-31(43)38-26-11-12-28-24(20-26)14-17-36-32(28)27-9-6-5-8-23(27)10-13-30-39-34(41-18-15-25(35)16-19-41)40-33-29(22(2)3)21-37-42(30)33/h4-9,11-12,14,17,20-22,25H,10,13,15-16,18-19,35H2,1-3H3,(H,38,43)/b7-4+. The molecule has 4 heterocycles. The molecule has 0 unspecified atom stereocenters. The van der Waals surface area contributed by atoms with E-state index in [1.807, 2.05) is 48.1 Å². The number of nitrogens with one attached hydrogen (secondary N) is 1. The first-order valence-corrected chi connectivity index (χ1v) is 15.1. The van der Waals surface area contributed by atoms with Crippen molar-refractivity contribution in [3.63, 3.8) is 0 Å². The molecule has 0 saturated carbocycles. The smallest absolute Gasteiger partial charge is 0.248 e. The summed E-state index contributed by atoms with van der Waals surface area (Å²) in [5.74, 6) is 1.81. The Morgan fingerprint density at radius 1 is 1.09 bits per heavy atom. The summed E-state index contributed by atoms with van der Waals surface area (Å²) >= 11 is 0. The fourth-order valence-electron chi connectivity index (χ4n) is 5.77. The number of piperidine rings is 1. The quantitative estimate of drug-likeness (QED) is 0.229. The molecule has 9 heteroatoms. The van der Waals surface area contributed by atoms with Gasteiger partial charge in [0.25, 0.3) is 0 Å². The Morgan fingerprint density at radius 3 is 2.70 bits per heavy atom. The van der Waals surface area contributed by atoms with Gasteiger partial charge in [0.2, 0.25) is 11.9 Å². The van der Waals surface area contributed by atoms with Gasteiger partial charge in [-0.05, 0) is 67.3 Å². The number of aromatic nitrogens is 5. The van der Waals surface area contributed by atoms with E-state index in [0.29, 0.717) is 12.3 Å². The SMILES string of the molecule is C/C=C/C(=O)Nc1ccc2c(-c3ccccc3CCc3nc(N4CCC(N)CC4)nc4c(C(C)C)cnn34)nccc2c1. The molecule has 3 N–H and O–H groups in total. The first-order chi connectivity index (χ1) is 20.9. The van der Waals surface area contributed by atoms with Gasteiger partial charge in [-0.3, -0.25) is 9.78 Å². The van der Waals surface area contributed by atoms with E-state index in [-0.39, 0.29) is 11.9 Å². The first kappa shape index (κ1) is 28.5. The molecule has 0 bridgehead atoms. The molecule has 220 valence electrons. The van der Waals surface area contributed by atoms with Crippen LogP contribution in [0.5, 0.6) is 0 Å². The highest BCUT2D eigenvalue weighted by atomic mass is 16.1. The normalized spacial score (nSPS) is 14.4. The van der Waals surface area contributed by atoms with Crippen molar-refractivity contribution < 1.29 is 4.79 Å². The zero-order valence-corrected chi connectivity index (χ0v) is 25.0. The number of carbonyl (C=O) groups is 1. The van der Waals surface area contributed by atoms with Gasteiger partial charge in [0, 0.05) is 53.9 Å². The van der Waals surface area contributed by atoms with Gasteiger partial charge in [-0.1, -0.05) is 50.3 Å². The van der Waals surface area contributed by atoms with Crippen molar-refractivity contribution in [3.05, 3.63) is 90.0 Å². The van der Waals surface area contributed by atoms with Crippen LogP contribution in [-0.2, 0) is 17.6 Å². The number of nitrogens with two attached hydrogens (primary N) is 1. The number of fused-ring (bicyclic) bond motifs is 2. The molecule has 43 heavy (non-hydrogen) atoms. The van der Waals surface area contributed by atoms with Crippen LogP contribution in [0.25, 0.3) is 27.7 Å². The van der Waals surface area contributed by atoms with E-state index in [9.17, 15) is 4.79 Å². The van der Waals surface area contributed by atoms with Crippen LogP contribution in [-0.4, -0.2) is 49.6 Å². The number of allylic oxidation sites excluding steroid dienone is 1. The van der Waals surface area contributed by atoms with Crippen molar-refractivity contribution in [3.8, 4) is 11.3 Å². The third-order valence-corrected chi connectivity index (χ3v) is 8.14. The van der Waals surface area contributed by atoms with Gasteiger partial charge >= 0.3 is 0 Å². The molecule has 0 spiro atoms. The molecule has 1 aliphatic rings. The second-order valence-corrected chi connectivity index (χ2v) is 11.5. The molecular formula is C34H38N8O. The summed E-state index contributed by atoms with van der Waals surface area (Å²) in [6.45, 7) is 7.89. The number of amides is 1. The third kappa shape index (κ3) is 5.99. The maximum Gasteiger partial charge on any atom is 0.248 e. The fraction of sp³-hybridized carbons (Fsp3) is 0.324. The molecular weight excluding hydrogens is 536 g/mol. The molecule has 0 radical (unpaired) electrons. The van der Waals surface area contributed by atoms with E-state index >= 15 is 0 Å². The molecule has 2 aromatic carbocycles. The topological polar surface area (TPSA) is 114 Å². The molecule has 9 nitrogen and oxygen atoms in total. The Morgan fingerprint density at radius 2 is 1.91 bits per heavy atom. The molecule has 1 aliphatic heterocycles. The first-order valence-electron chi connectivity index (χ1n) is 15.1. The fourth-order valence-corrected chi connectivity index (χ4v) is 5.77. The lowest BCUT2D eigenvalue weighted by molar-refractivity contribution is -0.111. The zero-order chi connectivity index (χ0) is 29.9. The van der Waals surface area contributed by atoms with Gasteiger partial charge in [0.1, 0.15) is 5.82 Å². The summed E-state index contributed by atoms with van der Waals surface area (Å²) in [6.07, 6.45) is 10.3. The van der Waals surface area contributed by atoms with E-state index in [1.54, 1.807) is 6.08 Å². The van der Waals surface area contributed by atoms with E-state index in [0.717, 1.165) is 83.1 Å². The number of carbonyl (C=O) groups excluding carboxylic acids is 1. The zero-order valence-electron chi connectivity index (χ0n) is 25.0. The molecule has 5 aromatic rings. The average molecular weight is 575 g/mol. The van der Waals surface area contributed by atoms with Gasteiger partial charge in [0.05, 0.1) is 11.9 Å². The number of hydrogen-bond donors (Lipinski definition) is 2. The predicted octanol–water partition coefficient (Wildman–Crippen LogP) is 5.69. The largest absolute Gasteiger partial charge is 0.341 e. The van der Waals surface area contributed by atoms with Crippen LogP contribution >= 0.6 is 0 Å². The van der Waals surface area contributed by atoms with Crippen LogP contribution in [0.2, 0.25) is 0 Å². The number of hydrogen-bond acceptors (Lipinski definition) is 7. The van der Waals surface area contributed by atoms with Gasteiger partial charge in [-0.15, -0.1) is 0 Å². The summed E-state index contributed by atoms with van der Waals surface area (Å²) in [5.41, 5.74) is 12.1. The predicted molar refractivity (Wildman–Crippen MR) is 172 cm³/mol. The highest BCUT2D eigenvalue weighted by molar-refractivity contribution is 6.02. The molecule has 3 aromatic heterocycles. The number of benzene rings is 2. The van der Waals surface area contributed by atoms with Crippen molar-refractivity contribution in [1.82, 2.24) is 24.6 Å². The number of pyridine rings is 1. The summed E-state index contributed by atoms with van der Waals surface area (Å²) in [5, 5.41) is 9.68. The number of anilines is 2. The number of nitrogens with zero attached hydrogens (tertiary/aromatic N) is 6. The van der Waals surface area contributed by atoms with Gasteiger partial charge in [-0.25, -0.2) is 4.52 Å². The van der Waals surface area contributed by atoms with Crippen LogP contribution < -0.4 is 16.0 Å². The van der Waals surface area contributed by atoms with Gasteiger partial charge in [-0.2, -0.15) is 15.1 Å². The van der Waals surface area contributed by atoms with Crippen molar-refractivity contribution in [2.24, 2.45) is 5.73 Å². The van der Waals surface area contributed by atoms with Crippen LogP contribution in [0.1, 0.15) is 56.5 Å². The van der Waals surface area contributed by atoms with Crippen LogP contribution in [0.15, 0.2) is 73.1 Å². The van der Waals surface area contributed by atoms with Crippen molar-refractivity contribution in [2.45, 2.75) is 58.4 Å². The number of aryl methyl sites for hydroxylation is 2. The molecule has 0 aliphatic carbocycles. The lowest BCUT2D eigenvalue weighted by atomic mass is 9.96. The molecule has 0 atom stereocenters. The van der Waals surface area contributed by atoms with Crippen molar-refractivity contribution >= 4 is 34.0 Å². The third-order valence-electron chi connectivity index (χ3n) is 8.14. The van der Waals surface area contributed by atoms with E-state index in [4.69, 9.17) is 25.8 Å². The van der Waals surface area contributed by atoms with Gasteiger partial charge < -0.3 is 16.0 Å². The maximum absolute atomic E-state index is 12.1. The highest BCUT2D eigenvalue weighted by Gasteiger charge is 2.22. The Balaban J connectivity index is 1.33. The Kier molecular flexibility index (Phi) is 8.16. The molecule has 1 fully saturated rings. The summed E-state index contributed by atoms with van der Waals surface area (Å²) in [4.78, 5) is 29.2. The molecule has 1 amide bonds. The molecule has 6 rings (SSSR count). The maximum atomic E-state index is 12.1. The minimum Gasteiger partial charge on any atom is -0.341 e. The lowest BCUT2D eigenvalue weighted by Gasteiger charge is -2.30. The second-order valence-electron chi connectivity index (χ2n) is 11.5. The van der Waals surface area contributed by atoms with Crippen LogP contribution in [0.4, 0.5) is 11.6 Å². The lowest BCUT2D eigenvalue weighted by Crippen LogP contribution is -2.40. The minimum absolute atomic E-state index is 0.148. The Bertz CT molecular complexity index is 1800. The minimum atomic E-state index is -0.148. The summed E-state index contributed by atoms with van der Waals surface area (Å²) < 4.78 is 1.91. The van der Waals surface area contributed by atoms with Crippen LogP contribution in [0, 0.1) is 0 Å². The average Bonchev–Trinajstić information content (AvgIpc) is 3.45. The summed E-state index contributed by atoms with van der Waals surface area (Å²) in [6, 6.07) is 16.6. The van der Waals surface area contributed by atoms with Crippen LogP contribution in [0.3, 0.4) is 0 Å². The van der Waals surface area contributed by atoms with Crippen molar-refractivity contribution in [1.29, 1.82) is 0 Å². The van der Waals surface area contributed by atoms with Crippen molar-refractivity contribution in [2.75, 3.05) is 23.3 Å².